The Labute approximate surface area is 289 Å². The van der Waals surface area contributed by atoms with Crippen LogP contribution in [0.3, 0.4) is 0 Å². The molecule has 0 atom stereocenters. The van der Waals surface area contributed by atoms with Crippen LogP contribution in [0, 0.1) is 27.7 Å². The highest BCUT2D eigenvalue weighted by Crippen LogP contribution is 2.43. The van der Waals surface area contributed by atoms with E-state index in [2.05, 4.69) is 10.1 Å². The lowest BCUT2D eigenvalue weighted by Gasteiger charge is -2.22. The quantitative estimate of drug-likeness (QED) is 0.102. The van der Waals surface area contributed by atoms with Gasteiger partial charge in [-0.25, -0.2) is 12.7 Å². The Hall–Kier alpha value is -4.28. The van der Waals surface area contributed by atoms with Crippen LogP contribution in [0.25, 0.3) is 22.0 Å². The number of nitrogens with zero attached hydrogens (tertiary/aromatic N) is 4. The van der Waals surface area contributed by atoms with Crippen molar-refractivity contribution in [2.24, 2.45) is 0 Å². The number of fused-ring (bicyclic) bond motifs is 1. The molecule has 0 saturated heterocycles. The Morgan fingerprint density at radius 3 is 2.41 bits per heavy atom. The number of hydrogen-bond donors (Lipinski definition) is 0. The number of anilines is 1. The van der Waals surface area contributed by atoms with E-state index in [0.29, 0.717) is 17.7 Å². The minimum Gasteiger partial charge on any atom is -0.487 e. The number of methoxy groups -OCH3 is 4. The van der Waals surface area contributed by atoms with Gasteiger partial charge >= 0.3 is 5.95 Å². The van der Waals surface area contributed by atoms with E-state index >= 15 is 0 Å². The smallest absolute Gasteiger partial charge is 0.356 e. The molecule has 5 rings (SSSR count). The van der Waals surface area contributed by atoms with Crippen LogP contribution in [0.4, 0.5) is 5.82 Å². The molecule has 0 bridgehead atoms. The monoisotopic (exact) mass is 712 g/mol. The van der Waals surface area contributed by atoms with Crippen molar-refractivity contribution in [3.05, 3.63) is 79.7 Å². The van der Waals surface area contributed by atoms with E-state index in [0.717, 1.165) is 59.5 Å². The molecular formula is C34H40N4O9S2. The van der Waals surface area contributed by atoms with Gasteiger partial charge in [0.2, 0.25) is 5.82 Å². The van der Waals surface area contributed by atoms with Gasteiger partial charge in [0, 0.05) is 47.5 Å². The Bertz CT molecular complexity index is 2140. The van der Waals surface area contributed by atoms with Crippen molar-refractivity contribution in [1.82, 2.24) is 14.7 Å². The minimum absolute atomic E-state index is 0.000658. The van der Waals surface area contributed by atoms with Crippen molar-refractivity contribution in [3.63, 3.8) is 0 Å². The molecule has 0 fully saturated rings. The molecule has 0 aliphatic carbocycles. The summed E-state index contributed by atoms with van der Waals surface area (Å²) in [4.78, 5) is 18.7. The maximum Gasteiger partial charge on any atom is 0.356 e. The first-order chi connectivity index (χ1) is 23.4. The first kappa shape index (κ1) is 36.0. The van der Waals surface area contributed by atoms with Crippen molar-refractivity contribution >= 4 is 38.1 Å². The predicted molar refractivity (Wildman–Crippen MR) is 186 cm³/mol. The first-order valence-electron chi connectivity index (χ1n) is 15.3. The van der Waals surface area contributed by atoms with E-state index in [9.17, 15) is 13.2 Å². The molecule has 5 aromatic rings. The fourth-order valence-electron chi connectivity index (χ4n) is 5.82. The summed E-state index contributed by atoms with van der Waals surface area (Å²) in [7, 11) is 1.50. The fraction of sp³-hybridized carbons (Fsp3) is 0.382. The predicted octanol–water partition coefficient (Wildman–Crippen LogP) is 5.37. The van der Waals surface area contributed by atoms with Gasteiger partial charge in [-0.05, 0) is 62.1 Å². The summed E-state index contributed by atoms with van der Waals surface area (Å²) >= 11 is 1.12. The van der Waals surface area contributed by atoms with Crippen LogP contribution in [0.5, 0.6) is 11.7 Å². The van der Waals surface area contributed by atoms with E-state index < -0.39 is 16.8 Å². The molecule has 1 aromatic carbocycles. The van der Waals surface area contributed by atoms with Crippen molar-refractivity contribution in [2.45, 2.75) is 45.1 Å². The molecule has 0 saturated carbocycles. The maximum atomic E-state index is 14.6. The molecule has 13 nitrogen and oxygen atoms in total. The molecule has 0 radical (unpaired) electrons. The summed E-state index contributed by atoms with van der Waals surface area (Å²) in [5.41, 5.74) is 5.97. The third-order valence-electron chi connectivity index (χ3n) is 7.91. The molecule has 49 heavy (non-hydrogen) atoms. The van der Waals surface area contributed by atoms with Gasteiger partial charge in [0.25, 0.3) is 21.3 Å². The SMILES string of the molecule is COCCOCN(c1noc(OC)c1OC)S(=O)(=O)c1sc(C)cc1-c1ccc(Cn2c(=O)cc(C)c3c(C)nc(C)cc32)cc1COC. The van der Waals surface area contributed by atoms with E-state index in [1.54, 1.807) is 17.7 Å². The number of thiophene rings is 1. The zero-order valence-electron chi connectivity index (χ0n) is 28.8. The number of benzene rings is 1. The summed E-state index contributed by atoms with van der Waals surface area (Å²) in [6.07, 6.45) is 0. The van der Waals surface area contributed by atoms with Gasteiger partial charge in [-0.15, -0.1) is 11.3 Å². The Balaban J connectivity index is 1.60. The zero-order valence-corrected chi connectivity index (χ0v) is 30.4. The number of pyridine rings is 2. The fourth-order valence-corrected chi connectivity index (χ4v) is 8.86. The van der Waals surface area contributed by atoms with Gasteiger partial charge in [-0.3, -0.25) is 9.78 Å². The summed E-state index contributed by atoms with van der Waals surface area (Å²) < 4.78 is 64.1. The van der Waals surface area contributed by atoms with Crippen LogP contribution in [0.2, 0.25) is 0 Å². The lowest BCUT2D eigenvalue weighted by Crippen LogP contribution is -2.34. The highest BCUT2D eigenvalue weighted by Gasteiger charge is 2.36. The lowest BCUT2D eigenvalue weighted by atomic mass is 9.99. The molecule has 4 aromatic heterocycles. The van der Waals surface area contributed by atoms with Gasteiger partial charge in [-0.1, -0.05) is 23.4 Å². The van der Waals surface area contributed by atoms with Gasteiger partial charge in [0.1, 0.15) is 10.9 Å². The van der Waals surface area contributed by atoms with Gasteiger partial charge in [-0.2, -0.15) is 0 Å². The van der Waals surface area contributed by atoms with E-state index in [1.165, 1.54) is 21.3 Å². The highest BCUT2D eigenvalue weighted by molar-refractivity contribution is 7.95. The average molecular weight is 713 g/mol. The van der Waals surface area contributed by atoms with E-state index in [4.69, 9.17) is 28.2 Å². The summed E-state index contributed by atoms with van der Waals surface area (Å²) in [6.45, 7) is 8.08. The molecule has 0 N–H and O–H groups in total. The second-order valence-electron chi connectivity index (χ2n) is 11.4. The zero-order chi connectivity index (χ0) is 35.5. The van der Waals surface area contributed by atoms with Crippen LogP contribution in [0.15, 0.2) is 49.9 Å². The summed E-state index contributed by atoms with van der Waals surface area (Å²) in [5, 5.41) is 4.91. The number of hydrogen-bond acceptors (Lipinski definition) is 12. The van der Waals surface area contributed by atoms with Crippen molar-refractivity contribution in [2.75, 3.05) is 52.7 Å². The van der Waals surface area contributed by atoms with Gasteiger partial charge in [0.05, 0.1) is 46.1 Å². The highest BCUT2D eigenvalue weighted by atomic mass is 32.2. The molecule has 262 valence electrons. The van der Waals surface area contributed by atoms with Crippen LogP contribution in [0.1, 0.15) is 33.0 Å². The van der Waals surface area contributed by atoms with Crippen molar-refractivity contribution in [1.29, 1.82) is 0 Å². The molecule has 0 aliphatic heterocycles. The van der Waals surface area contributed by atoms with E-state index in [1.807, 2.05) is 58.0 Å². The third-order valence-corrected chi connectivity index (χ3v) is 11.2. The Kier molecular flexibility index (Phi) is 11.1. The van der Waals surface area contributed by atoms with Crippen molar-refractivity contribution < 1.29 is 36.6 Å². The second-order valence-corrected chi connectivity index (χ2v) is 14.7. The maximum absolute atomic E-state index is 14.6. The number of sulfonamides is 1. The standard InChI is InChI=1S/C34H40N4O9S2/c1-20-13-29(39)37(28-14-21(2)35-23(4)30(20)28)17-24-9-10-26(25(16-24)18-43-6)27-15-22(3)48-34(27)49(40,41)38(19-46-12-11-42-5)32-31(44-7)33(45-8)47-36-32/h9-10,13-16H,11-12,17-19H2,1-8H3. The van der Waals surface area contributed by atoms with Crippen molar-refractivity contribution in [3.8, 4) is 22.8 Å². The second kappa shape index (κ2) is 15.1. The van der Waals surface area contributed by atoms with E-state index in [-0.39, 0.29) is 47.1 Å². The minimum atomic E-state index is -4.32. The molecule has 15 heteroatoms. The molecule has 0 unspecified atom stereocenters. The molecule has 0 aliphatic rings. The number of ether oxygens (including phenoxy) is 5. The number of rotatable bonds is 15. The van der Waals surface area contributed by atoms with Crippen LogP contribution in [-0.4, -0.2) is 71.5 Å². The average Bonchev–Trinajstić information content (AvgIpc) is 3.66. The lowest BCUT2D eigenvalue weighted by molar-refractivity contribution is 0.0752. The summed E-state index contributed by atoms with van der Waals surface area (Å²) in [5.74, 6) is -0.212. The molecule has 0 spiro atoms. The Morgan fingerprint density at radius 1 is 0.939 bits per heavy atom. The Morgan fingerprint density at radius 2 is 1.71 bits per heavy atom. The number of aromatic nitrogens is 3. The third kappa shape index (κ3) is 7.21. The molecule has 0 amide bonds. The van der Waals surface area contributed by atoms with Gasteiger partial charge < -0.3 is 32.8 Å². The van der Waals surface area contributed by atoms with Gasteiger partial charge in [0.15, 0.2) is 0 Å². The number of aryl methyl sites for hydroxylation is 4. The summed E-state index contributed by atoms with van der Waals surface area (Å²) in [6, 6.07) is 11.1. The van der Waals surface area contributed by atoms with Crippen LogP contribution < -0.4 is 19.3 Å². The first-order valence-corrected chi connectivity index (χ1v) is 17.6. The normalized spacial score (nSPS) is 11.8. The molecular weight excluding hydrogens is 673 g/mol. The van der Waals surface area contributed by atoms with Crippen LogP contribution in [-0.2, 0) is 37.4 Å². The topological polar surface area (TPSA) is 144 Å². The van der Waals surface area contributed by atoms with Crippen LogP contribution >= 0.6 is 11.3 Å². The molecule has 4 heterocycles. The largest absolute Gasteiger partial charge is 0.487 e.